The van der Waals surface area contributed by atoms with Gasteiger partial charge in [0.1, 0.15) is 0 Å². The highest BCUT2D eigenvalue weighted by molar-refractivity contribution is 7.14. The van der Waals surface area contributed by atoms with Crippen molar-refractivity contribution in [1.29, 1.82) is 0 Å². The summed E-state index contributed by atoms with van der Waals surface area (Å²) in [5.41, 5.74) is 2.35. The third kappa shape index (κ3) is 2.93. The van der Waals surface area contributed by atoms with Crippen molar-refractivity contribution < 1.29 is 4.79 Å². The third-order valence-corrected chi connectivity index (χ3v) is 6.22. The van der Waals surface area contributed by atoms with E-state index in [1.807, 2.05) is 24.3 Å². The van der Waals surface area contributed by atoms with Crippen LogP contribution < -0.4 is 5.32 Å². The van der Waals surface area contributed by atoms with Gasteiger partial charge in [0, 0.05) is 18.0 Å². The summed E-state index contributed by atoms with van der Waals surface area (Å²) in [6, 6.07) is 12.3. The van der Waals surface area contributed by atoms with Crippen molar-refractivity contribution in [3.63, 3.8) is 0 Å². The van der Waals surface area contributed by atoms with Gasteiger partial charge < -0.3 is 5.32 Å². The van der Waals surface area contributed by atoms with Crippen LogP contribution in [0.1, 0.15) is 33.8 Å². The van der Waals surface area contributed by atoms with Gasteiger partial charge in [-0.2, -0.15) is 0 Å². The fourth-order valence-corrected chi connectivity index (χ4v) is 4.78. The molecular weight excluding hydrogens is 304 g/mol. The Labute approximate surface area is 141 Å². The number of piperidine rings is 3. The Bertz CT molecular complexity index is 701. The average molecular weight is 326 g/mol. The largest absolute Gasteiger partial charge is 0.336 e. The van der Waals surface area contributed by atoms with Crippen LogP contribution in [0.15, 0.2) is 36.4 Å². The number of hydrogen-bond acceptors (Lipinski definition) is 3. The van der Waals surface area contributed by atoms with E-state index >= 15 is 0 Å². The first kappa shape index (κ1) is 14.9. The Morgan fingerprint density at radius 2 is 1.96 bits per heavy atom. The molecule has 3 aliphatic heterocycles. The predicted octanol–water partition coefficient (Wildman–Crippen LogP) is 3.90. The van der Waals surface area contributed by atoms with Gasteiger partial charge in [-0.15, -0.1) is 11.3 Å². The Hall–Kier alpha value is -1.65. The maximum absolute atomic E-state index is 12.7. The summed E-state index contributed by atoms with van der Waals surface area (Å²) in [6.07, 6.45) is 3.94. The number of fused-ring (bicyclic) bond motifs is 3. The van der Waals surface area contributed by atoms with Gasteiger partial charge in [0.25, 0.3) is 5.91 Å². The average Bonchev–Trinajstić information content (AvgIpc) is 2.99. The number of amides is 1. The number of benzene rings is 1. The van der Waals surface area contributed by atoms with Crippen molar-refractivity contribution in [2.24, 2.45) is 5.92 Å². The molecule has 0 saturated carbocycles. The molecule has 1 aromatic carbocycles. The van der Waals surface area contributed by atoms with E-state index in [2.05, 4.69) is 29.3 Å². The van der Waals surface area contributed by atoms with E-state index < -0.39 is 0 Å². The molecule has 5 rings (SSSR count). The molecule has 1 atom stereocenters. The number of thiophene rings is 1. The zero-order valence-electron chi connectivity index (χ0n) is 13.4. The molecule has 0 spiro atoms. The van der Waals surface area contributed by atoms with Gasteiger partial charge >= 0.3 is 0 Å². The van der Waals surface area contributed by atoms with E-state index in [-0.39, 0.29) is 12.1 Å². The summed E-state index contributed by atoms with van der Waals surface area (Å²) < 4.78 is 0. The number of rotatable bonds is 3. The Kier molecular flexibility index (Phi) is 3.95. The van der Waals surface area contributed by atoms with E-state index in [4.69, 9.17) is 0 Å². The molecule has 1 N–H and O–H groups in total. The second-order valence-electron chi connectivity index (χ2n) is 6.65. The number of nitrogens with zero attached hydrogens (tertiary/aromatic N) is 1. The number of hydrogen-bond donors (Lipinski definition) is 1. The van der Waals surface area contributed by atoms with Gasteiger partial charge in [-0.3, -0.25) is 9.69 Å². The van der Waals surface area contributed by atoms with Gasteiger partial charge in [-0.05, 0) is 49.3 Å². The van der Waals surface area contributed by atoms with Crippen molar-refractivity contribution in [1.82, 2.24) is 10.2 Å². The Balaban J connectivity index is 1.51. The maximum atomic E-state index is 12.7. The first-order valence-corrected chi connectivity index (χ1v) is 9.23. The van der Waals surface area contributed by atoms with Crippen LogP contribution in [0.25, 0.3) is 11.1 Å². The second kappa shape index (κ2) is 6.10. The lowest BCUT2D eigenvalue weighted by Gasteiger charge is -2.45. The first-order chi connectivity index (χ1) is 11.2. The normalized spacial score (nSPS) is 26.2. The minimum absolute atomic E-state index is 0.0813. The summed E-state index contributed by atoms with van der Waals surface area (Å²) in [5.74, 6) is 0.882. The molecule has 3 saturated heterocycles. The van der Waals surface area contributed by atoms with E-state index in [0.29, 0.717) is 0 Å². The molecule has 1 unspecified atom stereocenters. The zero-order chi connectivity index (χ0) is 15.8. The number of aryl methyl sites for hydroxylation is 1. The van der Waals surface area contributed by atoms with Gasteiger partial charge in [0.05, 0.1) is 11.0 Å². The SMILES string of the molecule is Cc1sc(C(=O)NC2CC3CCN2CC3)cc1-c1ccccc1. The molecule has 4 heterocycles. The third-order valence-electron chi connectivity index (χ3n) is 5.17. The lowest BCUT2D eigenvalue weighted by molar-refractivity contribution is 0.0296. The number of carbonyl (C=O) groups excluding carboxylic acids is 1. The lowest BCUT2D eigenvalue weighted by atomic mass is 9.86. The minimum atomic E-state index is 0.0813. The van der Waals surface area contributed by atoms with Crippen molar-refractivity contribution in [2.45, 2.75) is 32.4 Å². The summed E-state index contributed by atoms with van der Waals surface area (Å²) in [5, 5.41) is 3.26. The van der Waals surface area contributed by atoms with E-state index in [9.17, 15) is 4.79 Å². The van der Waals surface area contributed by atoms with Crippen LogP contribution in [0, 0.1) is 12.8 Å². The Morgan fingerprint density at radius 1 is 1.22 bits per heavy atom. The summed E-state index contributed by atoms with van der Waals surface area (Å²) in [4.78, 5) is 17.1. The van der Waals surface area contributed by atoms with Gasteiger partial charge in [0.2, 0.25) is 0 Å². The van der Waals surface area contributed by atoms with Crippen LogP contribution in [0.4, 0.5) is 0 Å². The molecule has 0 aliphatic carbocycles. The standard InChI is InChI=1S/C19H22N2OS/c1-13-16(15-5-3-2-4-6-15)12-17(23-13)19(22)20-18-11-14-7-9-21(18)10-8-14/h2-6,12,14,18H,7-11H2,1H3,(H,20,22). The molecule has 3 fully saturated rings. The van der Waals surface area contributed by atoms with Crippen LogP contribution in [-0.4, -0.2) is 30.1 Å². The summed E-state index contributed by atoms with van der Waals surface area (Å²) in [7, 11) is 0. The van der Waals surface area contributed by atoms with Crippen LogP contribution in [0.2, 0.25) is 0 Å². The van der Waals surface area contributed by atoms with Crippen LogP contribution >= 0.6 is 11.3 Å². The van der Waals surface area contributed by atoms with Crippen LogP contribution in [0.5, 0.6) is 0 Å². The molecule has 1 aromatic heterocycles. The zero-order valence-corrected chi connectivity index (χ0v) is 14.2. The van der Waals surface area contributed by atoms with Crippen molar-refractivity contribution in [2.75, 3.05) is 13.1 Å². The molecule has 23 heavy (non-hydrogen) atoms. The predicted molar refractivity (Wildman–Crippen MR) is 94.7 cm³/mol. The second-order valence-corrected chi connectivity index (χ2v) is 7.91. The maximum Gasteiger partial charge on any atom is 0.262 e. The molecule has 4 heteroatoms. The smallest absolute Gasteiger partial charge is 0.262 e. The summed E-state index contributed by atoms with van der Waals surface area (Å²) >= 11 is 1.60. The molecule has 3 aliphatic rings. The van der Waals surface area contributed by atoms with Gasteiger partial charge in [0.15, 0.2) is 0 Å². The first-order valence-electron chi connectivity index (χ1n) is 8.41. The lowest BCUT2D eigenvalue weighted by Crippen LogP contribution is -2.56. The highest BCUT2D eigenvalue weighted by Crippen LogP contribution is 2.33. The highest BCUT2D eigenvalue weighted by atomic mass is 32.1. The molecule has 120 valence electrons. The quantitative estimate of drug-likeness (QED) is 0.928. The monoisotopic (exact) mass is 326 g/mol. The van der Waals surface area contributed by atoms with Gasteiger partial charge in [-0.1, -0.05) is 30.3 Å². The topological polar surface area (TPSA) is 32.3 Å². The fourth-order valence-electron chi connectivity index (χ4n) is 3.84. The molecule has 1 amide bonds. The van der Waals surface area contributed by atoms with E-state index in [0.717, 1.165) is 30.3 Å². The molecule has 0 radical (unpaired) electrons. The Morgan fingerprint density at radius 3 is 2.61 bits per heavy atom. The van der Waals surface area contributed by atoms with Crippen molar-refractivity contribution in [3.05, 3.63) is 46.2 Å². The van der Waals surface area contributed by atoms with E-state index in [1.54, 1.807) is 11.3 Å². The number of carbonyl (C=O) groups is 1. The van der Waals surface area contributed by atoms with Crippen molar-refractivity contribution >= 4 is 17.2 Å². The minimum Gasteiger partial charge on any atom is -0.336 e. The van der Waals surface area contributed by atoms with Crippen LogP contribution in [0.3, 0.4) is 0 Å². The highest BCUT2D eigenvalue weighted by Gasteiger charge is 2.34. The number of nitrogens with one attached hydrogen (secondary N) is 1. The molecule has 2 bridgehead atoms. The molecule has 3 nitrogen and oxygen atoms in total. The fraction of sp³-hybridized carbons (Fsp3) is 0.421. The van der Waals surface area contributed by atoms with E-state index in [1.165, 1.54) is 28.8 Å². The van der Waals surface area contributed by atoms with Crippen LogP contribution in [-0.2, 0) is 0 Å². The molecular formula is C19H22N2OS. The summed E-state index contributed by atoms with van der Waals surface area (Å²) in [6.45, 7) is 4.36. The van der Waals surface area contributed by atoms with Crippen molar-refractivity contribution in [3.8, 4) is 11.1 Å². The van der Waals surface area contributed by atoms with Gasteiger partial charge in [-0.25, -0.2) is 0 Å². The molecule has 2 aromatic rings.